The van der Waals surface area contributed by atoms with Crippen LogP contribution in [-0.4, -0.2) is 20.1 Å². The van der Waals surface area contributed by atoms with Crippen molar-refractivity contribution in [2.45, 2.75) is 46.1 Å². The third-order valence-electron chi connectivity index (χ3n) is 3.65. The zero-order valence-corrected chi connectivity index (χ0v) is 13.2. The number of nitrogens with one attached hydrogen (secondary N) is 2. The minimum absolute atomic E-state index is 0.242. The summed E-state index contributed by atoms with van der Waals surface area (Å²) in [4.78, 5) is 0. The van der Waals surface area contributed by atoms with Crippen LogP contribution in [0.3, 0.4) is 0 Å². The molecule has 108 valence electrons. The van der Waals surface area contributed by atoms with Gasteiger partial charge >= 0.3 is 0 Å². The van der Waals surface area contributed by atoms with E-state index in [0.29, 0.717) is 0 Å². The molecule has 1 aromatic carbocycles. The summed E-state index contributed by atoms with van der Waals surface area (Å²) in [5.74, 6) is 0.721. The second-order valence-corrected chi connectivity index (χ2v) is 6.41. The van der Waals surface area contributed by atoms with Crippen molar-refractivity contribution >= 4 is 0 Å². The fraction of sp³-hybridized carbons (Fsp3) is 0.647. The van der Waals surface area contributed by atoms with Crippen molar-refractivity contribution in [1.29, 1.82) is 0 Å². The summed E-state index contributed by atoms with van der Waals surface area (Å²) in [7, 11) is 2.02. The van der Waals surface area contributed by atoms with Gasteiger partial charge in [0.25, 0.3) is 0 Å². The molecule has 0 aliphatic heterocycles. The highest BCUT2D eigenvalue weighted by molar-refractivity contribution is 5.27. The van der Waals surface area contributed by atoms with Gasteiger partial charge in [-0.3, -0.25) is 0 Å². The Hall–Kier alpha value is -0.860. The van der Waals surface area contributed by atoms with Crippen molar-refractivity contribution in [3.8, 4) is 0 Å². The molecule has 2 N–H and O–H groups in total. The predicted molar refractivity (Wildman–Crippen MR) is 84.6 cm³/mol. The number of benzene rings is 1. The topological polar surface area (TPSA) is 24.1 Å². The predicted octanol–water partition coefficient (Wildman–Crippen LogP) is 3.32. The van der Waals surface area contributed by atoms with Crippen LogP contribution in [0, 0.1) is 5.92 Å². The fourth-order valence-electron chi connectivity index (χ4n) is 2.19. The summed E-state index contributed by atoms with van der Waals surface area (Å²) in [6.45, 7) is 12.1. The van der Waals surface area contributed by atoms with Crippen LogP contribution in [0.5, 0.6) is 0 Å². The molecule has 0 saturated carbocycles. The van der Waals surface area contributed by atoms with Gasteiger partial charge in [-0.2, -0.15) is 0 Å². The van der Waals surface area contributed by atoms with Gasteiger partial charge in [-0.15, -0.1) is 0 Å². The van der Waals surface area contributed by atoms with Gasteiger partial charge < -0.3 is 10.6 Å². The molecule has 0 spiro atoms. The zero-order chi connectivity index (χ0) is 14.3. The highest BCUT2D eigenvalue weighted by atomic mass is 14.9. The summed E-state index contributed by atoms with van der Waals surface area (Å²) in [6, 6.07) is 8.99. The monoisotopic (exact) mass is 262 g/mol. The standard InChI is InChI=1S/C17H30N2/c1-6-14(11-18-5)12-19-13-15-7-9-16(10-8-15)17(2,3)4/h7-10,14,18-19H,6,11-13H2,1-5H3. The molecule has 0 aliphatic rings. The molecule has 0 bridgehead atoms. The van der Waals surface area contributed by atoms with Crippen molar-refractivity contribution in [1.82, 2.24) is 10.6 Å². The van der Waals surface area contributed by atoms with Gasteiger partial charge in [0.15, 0.2) is 0 Å². The van der Waals surface area contributed by atoms with Crippen LogP contribution in [-0.2, 0) is 12.0 Å². The van der Waals surface area contributed by atoms with E-state index in [9.17, 15) is 0 Å². The van der Waals surface area contributed by atoms with Gasteiger partial charge in [0, 0.05) is 6.54 Å². The molecule has 1 atom stereocenters. The molecule has 0 saturated heterocycles. The van der Waals surface area contributed by atoms with E-state index < -0.39 is 0 Å². The van der Waals surface area contributed by atoms with Crippen molar-refractivity contribution < 1.29 is 0 Å². The van der Waals surface area contributed by atoms with Crippen LogP contribution in [0.1, 0.15) is 45.2 Å². The first-order valence-corrected chi connectivity index (χ1v) is 7.42. The largest absolute Gasteiger partial charge is 0.319 e. The van der Waals surface area contributed by atoms with Gasteiger partial charge in [0.05, 0.1) is 0 Å². The van der Waals surface area contributed by atoms with Crippen LogP contribution < -0.4 is 10.6 Å². The van der Waals surface area contributed by atoms with Crippen LogP contribution in [0.15, 0.2) is 24.3 Å². The lowest BCUT2D eigenvalue weighted by Crippen LogP contribution is -2.29. The Morgan fingerprint density at radius 2 is 1.68 bits per heavy atom. The summed E-state index contributed by atoms with van der Waals surface area (Å²) in [5, 5.41) is 6.81. The Bertz CT molecular complexity index is 349. The smallest absolute Gasteiger partial charge is 0.0205 e. The highest BCUT2D eigenvalue weighted by Crippen LogP contribution is 2.22. The first-order valence-electron chi connectivity index (χ1n) is 7.42. The average molecular weight is 262 g/mol. The molecule has 0 amide bonds. The van der Waals surface area contributed by atoms with E-state index in [-0.39, 0.29) is 5.41 Å². The molecule has 0 fully saturated rings. The molecule has 2 heteroatoms. The van der Waals surface area contributed by atoms with E-state index in [4.69, 9.17) is 0 Å². The van der Waals surface area contributed by atoms with E-state index in [1.54, 1.807) is 0 Å². The van der Waals surface area contributed by atoms with Crippen molar-refractivity contribution in [2.75, 3.05) is 20.1 Å². The molecular formula is C17H30N2. The first-order chi connectivity index (χ1) is 8.97. The third kappa shape index (κ3) is 5.75. The van der Waals surface area contributed by atoms with Gasteiger partial charge in [0.1, 0.15) is 0 Å². The molecule has 0 aromatic heterocycles. The van der Waals surface area contributed by atoms with Crippen LogP contribution in [0.25, 0.3) is 0 Å². The number of hydrogen-bond donors (Lipinski definition) is 2. The maximum Gasteiger partial charge on any atom is 0.0205 e. The van der Waals surface area contributed by atoms with E-state index in [2.05, 4.69) is 62.6 Å². The molecule has 19 heavy (non-hydrogen) atoms. The minimum Gasteiger partial charge on any atom is -0.319 e. The summed E-state index contributed by atoms with van der Waals surface area (Å²) < 4.78 is 0. The number of rotatable bonds is 7. The van der Waals surface area contributed by atoms with E-state index in [1.165, 1.54) is 17.5 Å². The SMILES string of the molecule is CCC(CNC)CNCc1ccc(C(C)(C)C)cc1. The summed E-state index contributed by atoms with van der Waals surface area (Å²) in [5.41, 5.74) is 3.01. The lowest BCUT2D eigenvalue weighted by Gasteiger charge is -2.19. The maximum atomic E-state index is 3.56. The Balaban J connectivity index is 2.42. The van der Waals surface area contributed by atoms with E-state index >= 15 is 0 Å². The Morgan fingerprint density at radius 1 is 1.05 bits per heavy atom. The Kier molecular flexibility index (Phi) is 6.53. The van der Waals surface area contributed by atoms with Crippen molar-refractivity contribution in [3.63, 3.8) is 0 Å². The first kappa shape index (κ1) is 16.2. The third-order valence-corrected chi connectivity index (χ3v) is 3.65. The molecular weight excluding hydrogens is 232 g/mol. The molecule has 1 unspecified atom stereocenters. The molecule has 0 heterocycles. The van der Waals surface area contributed by atoms with Gasteiger partial charge in [-0.05, 0) is 42.6 Å². The van der Waals surface area contributed by atoms with Gasteiger partial charge in [-0.25, -0.2) is 0 Å². The minimum atomic E-state index is 0.242. The van der Waals surface area contributed by atoms with Crippen molar-refractivity contribution in [2.24, 2.45) is 5.92 Å². The maximum absolute atomic E-state index is 3.56. The Morgan fingerprint density at radius 3 is 2.16 bits per heavy atom. The molecule has 0 radical (unpaired) electrons. The van der Waals surface area contributed by atoms with E-state index in [1.807, 2.05) is 7.05 Å². The van der Waals surface area contributed by atoms with Gasteiger partial charge in [0.2, 0.25) is 0 Å². The molecule has 1 rings (SSSR count). The summed E-state index contributed by atoms with van der Waals surface area (Å²) in [6.07, 6.45) is 1.22. The lowest BCUT2D eigenvalue weighted by atomic mass is 9.87. The van der Waals surface area contributed by atoms with Crippen molar-refractivity contribution in [3.05, 3.63) is 35.4 Å². The van der Waals surface area contributed by atoms with Gasteiger partial charge in [-0.1, -0.05) is 58.4 Å². The van der Waals surface area contributed by atoms with Crippen LogP contribution in [0.4, 0.5) is 0 Å². The molecule has 1 aromatic rings. The molecule has 2 nitrogen and oxygen atoms in total. The zero-order valence-electron chi connectivity index (χ0n) is 13.2. The second-order valence-electron chi connectivity index (χ2n) is 6.41. The van der Waals surface area contributed by atoms with Crippen LogP contribution >= 0.6 is 0 Å². The normalized spacial score (nSPS) is 13.5. The molecule has 0 aliphatic carbocycles. The second kappa shape index (κ2) is 7.66. The lowest BCUT2D eigenvalue weighted by molar-refractivity contribution is 0.445. The quantitative estimate of drug-likeness (QED) is 0.787. The van der Waals surface area contributed by atoms with E-state index in [0.717, 1.165) is 25.6 Å². The average Bonchev–Trinajstić information content (AvgIpc) is 2.37. The Labute approximate surface area is 119 Å². The number of hydrogen-bond acceptors (Lipinski definition) is 2. The van der Waals surface area contributed by atoms with Crippen LogP contribution in [0.2, 0.25) is 0 Å². The highest BCUT2D eigenvalue weighted by Gasteiger charge is 2.12. The summed E-state index contributed by atoms with van der Waals surface area (Å²) >= 11 is 0. The fourth-order valence-corrected chi connectivity index (χ4v) is 2.19.